The van der Waals surface area contributed by atoms with Gasteiger partial charge in [-0.25, -0.2) is 4.79 Å². The SMILES string of the molecule is Cc1cccc2c1N(C)CC1CN(C(=O)OC(C)(C)C)CC21. The minimum Gasteiger partial charge on any atom is -0.444 e. The van der Waals surface area contributed by atoms with E-state index in [1.165, 1.54) is 16.8 Å². The summed E-state index contributed by atoms with van der Waals surface area (Å²) < 4.78 is 5.54. The smallest absolute Gasteiger partial charge is 0.410 e. The minimum absolute atomic E-state index is 0.182. The van der Waals surface area contributed by atoms with Crippen molar-refractivity contribution >= 4 is 11.8 Å². The molecule has 0 saturated carbocycles. The van der Waals surface area contributed by atoms with E-state index in [-0.39, 0.29) is 6.09 Å². The van der Waals surface area contributed by atoms with E-state index in [2.05, 4.69) is 37.1 Å². The number of anilines is 1. The van der Waals surface area contributed by atoms with Crippen LogP contribution in [0, 0.1) is 12.8 Å². The van der Waals surface area contributed by atoms with Gasteiger partial charge in [0.15, 0.2) is 0 Å². The van der Waals surface area contributed by atoms with E-state index in [4.69, 9.17) is 4.74 Å². The second kappa shape index (κ2) is 5.18. The minimum atomic E-state index is -0.434. The van der Waals surface area contributed by atoms with Gasteiger partial charge in [-0.3, -0.25) is 0 Å². The van der Waals surface area contributed by atoms with E-state index < -0.39 is 5.60 Å². The van der Waals surface area contributed by atoms with Gasteiger partial charge in [0.25, 0.3) is 0 Å². The zero-order chi connectivity index (χ0) is 16.1. The number of hydrogen-bond acceptors (Lipinski definition) is 3. The molecule has 2 heterocycles. The van der Waals surface area contributed by atoms with Crippen molar-refractivity contribution in [1.82, 2.24) is 4.90 Å². The molecule has 120 valence electrons. The van der Waals surface area contributed by atoms with Crippen molar-refractivity contribution in [3.05, 3.63) is 29.3 Å². The lowest BCUT2D eigenvalue weighted by atomic mass is 9.83. The second-order valence-electron chi connectivity index (χ2n) is 7.65. The van der Waals surface area contributed by atoms with Crippen LogP contribution in [0.1, 0.15) is 37.8 Å². The fourth-order valence-electron chi connectivity index (χ4n) is 3.83. The van der Waals surface area contributed by atoms with Crippen molar-refractivity contribution in [1.29, 1.82) is 0 Å². The Balaban J connectivity index is 1.83. The van der Waals surface area contributed by atoms with Gasteiger partial charge >= 0.3 is 6.09 Å². The molecule has 0 aliphatic carbocycles. The normalized spacial score (nSPS) is 24.0. The van der Waals surface area contributed by atoms with E-state index in [0.29, 0.717) is 11.8 Å². The first-order valence-electron chi connectivity index (χ1n) is 8.05. The highest BCUT2D eigenvalue weighted by molar-refractivity contribution is 5.70. The van der Waals surface area contributed by atoms with Crippen molar-refractivity contribution in [2.24, 2.45) is 5.92 Å². The molecule has 1 fully saturated rings. The second-order valence-corrected chi connectivity index (χ2v) is 7.65. The molecule has 3 rings (SSSR count). The Kier molecular flexibility index (Phi) is 3.58. The number of fused-ring (bicyclic) bond motifs is 3. The van der Waals surface area contributed by atoms with Gasteiger partial charge in [0.1, 0.15) is 5.60 Å². The first-order valence-corrected chi connectivity index (χ1v) is 8.05. The highest BCUT2D eigenvalue weighted by Gasteiger charge is 2.42. The first-order chi connectivity index (χ1) is 10.3. The third-order valence-corrected chi connectivity index (χ3v) is 4.65. The van der Waals surface area contributed by atoms with Gasteiger partial charge in [-0.2, -0.15) is 0 Å². The van der Waals surface area contributed by atoms with E-state index in [9.17, 15) is 4.79 Å². The molecule has 2 aliphatic heterocycles. The summed E-state index contributed by atoms with van der Waals surface area (Å²) in [6, 6.07) is 6.50. The Morgan fingerprint density at radius 1 is 1.23 bits per heavy atom. The van der Waals surface area contributed by atoms with Crippen LogP contribution in [0.2, 0.25) is 0 Å². The number of carbonyl (C=O) groups is 1. The van der Waals surface area contributed by atoms with Crippen LogP contribution in [0.5, 0.6) is 0 Å². The van der Waals surface area contributed by atoms with Crippen molar-refractivity contribution in [3.63, 3.8) is 0 Å². The molecule has 1 aromatic rings. The Morgan fingerprint density at radius 3 is 2.64 bits per heavy atom. The highest BCUT2D eigenvalue weighted by Crippen LogP contribution is 2.43. The van der Waals surface area contributed by atoms with Crippen LogP contribution in [0.4, 0.5) is 10.5 Å². The summed E-state index contributed by atoms with van der Waals surface area (Å²) in [6.07, 6.45) is -0.182. The fraction of sp³-hybridized carbons (Fsp3) is 0.611. The maximum absolute atomic E-state index is 12.4. The summed E-state index contributed by atoms with van der Waals surface area (Å²) in [7, 11) is 2.15. The van der Waals surface area contributed by atoms with Crippen LogP contribution in [0.15, 0.2) is 18.2 Å². The maximum Gasteiger partial charge on any atom is 0.410 e. The molecule has 22 heavy (non-hydrogen) atoms. The maximum atomic E-state index is 12.4. The number of carbonyl (C=O) groups excluding carboxylic acids is 1. The predicted molar refractivity (Wildman–Crippen MR) is 88.5 cm³/mol. The van der Waals surface area contributed by atoms with E-state index >= 15 is 0 Å². The lowest BCUT2D eigenvalue weighted by Crippen LogP contribution is -2.36. The van der Waals surface area contributed by atoms with Crippen molar-refractivity contribution < 1.29 is 9.53 Å². The number of para-hydroxylation sites is 1. The van der Waals surface area contributed by atoms with Gasteiger partial charge in [0, 0.05) is 44.2 Å². The fourth-order valence-corrected chi connectivity index (χ4v) is 3.83. The largest absolute Gasteiger partial charge is 0.444 e. The summed E-state index contributed by atoms with van der Waals surface area (Å²) in [5, 5.41) is 0. The third-order valence-electron chi connectivity index (χ3n) is 4.65. The summed E-state index contributed by atoms with van der Waals surface area (Å²) in [6.45, 7) is 10.5. The summed E-state index contributed by atoms with van der Waals surface area (Å²) in [4.78, 5) is 16.6. The number of hydrogen-bond donors (Lipinski definition) is 0. The van der Waals surface area contributed by atoms with E-state index in [1.54, 1.807) is 0 Å². The lowest BCUT2D eigenvalue weighted by Gasteiger charge is -2.36. The predicted octanol–water partition coefficient (Wildman–Crippen LogP) is 3.40. The van der Waals surface area contributed by atoms with E-state index in [1.807, 2.05) is 25.7 Å². The molecule has 0 bridgehead atoms. The Hall–Kier alpha value is -1.71. The topological polar surface area (TPSA) is 32.8 Å². The summed E-state index contributed by atoms with van der Waals surface area (Å²) in [5.41, 5.74) is 3.60. The number of likely N-dealkylation sites (tertiary alicyclic amines) is 1. The molecule has 2 unspecified atom stereocenters. The van der Waals surface area contributed by atoms with Crippen LogP contribution in [0.3, 0.4) is 0 Å². The molecule has 0 spiro atoms. The van der Waals surface area contributed by atoms with Crippen LogP contribution in [-0.4, -0.2) is 43.3 Å². The molecule has 1 amide bonds. The van der Waals surface area contributed by atoms with Gasteiger partial charge in [0.2, 0.25) is 0 Å². The van der Waals surface area contributed by atoms with Crippen LogP contribution in [0.25, 0.3) is 0 Å². The molecule has 1 aromatic carbocycles. The van der Waals surface area contributed by atoms with Gasteiger partial charge in [-0.05, 0) is 38.8 Å². The number of amides is 1. The molecule has 0 aromatic heterocycles. The summed E-state index contributed by atoms with van der Waals surface area (Å²) in [5.74, 6) is 0.922. The molecular weight excluding hydrogens is 276 g/mol. The Labute approximate surface area is 133 Å². The number of benzene rings is 1. The van der Waals surface area contributed by atoms with Crippen molar-refractivity contribution in [2.75, 3.05) is 31.6 Å². The average Bonchev–Trinajstić information content (AvgIpc) is 2.81. The number of aryl methyl sites for hydroxylation is 1. The number of rotatable bonds is 0. The van der Waals surface area contributed by atoms with Crippen molar-refractivity contribution in [3.8, 4) is 0 Å². The highest BCUT2D eigenvalue weighted by atomic mass is 16.6. The van der Waals surface area contributed by atoms with Crippen molar-refractivity contribution in [2.45, 2.75) is 39.2 Å². The van der Waals surface area contributed by atoms with Gasteiger partial charge in [-0.15, -0.1) is 0 Å². The Bertz CT molecular complexity index is 591. The zero-order valence-electron chi connectivity index (χ0n) is 14.2. The van der Waals surface area contributed by atoms with Gasteiger partial charge in [-0.1, -0.05) is 18.2 Å². The molecule has 0 radical (unpaired) electrons. The number of nitrogens with zero attached hydrogens (tertiary/aromatic N) is 2. The van der Waals surface area contributed by atoms with Crippen LogP contribution >= 0.6 is 0 Å². The average molecular weight is 302 g/mol. The molecule has 2 aliphatic rings. The van der Waals surface area contributed by atoms with Crippen LogP contribution in [-0.2, 0) is 4.74 Å². The lowest BCUT2D eigenvalue weighted by molar-refractivity contribution is 0.0287. The standard InChI is InChI=1S/C18H26N2O2/c1-12-7-6-8-14-15-11-20(17(21)22-18(2,3)4)10-13(15)9-19(5)16(12)14/h6-8,13,15H,9-11H2,1-5H3. The van der Waals surface area contributed by atoms with Gasteiger partial charge in [0.05, 0.1) is 0 Å². The van der Waals surface area contributed by atoms with E-state index in [0.717, 1.165) is 19.6 Å². The molecule has 1 saturated heterocycles. The molecular formula is C18H26N2O2. The number of ether oxygens (including phenoxy) is 1. The molecule has 4 heteroatoms. The molecule has 4 nitrogen and oxygen atoms in total. The monoisotopic (exact) mass is 302 g/mol. The summed E-state index contributed by atoms with van der Waals surface area (Å²) >= 11 is 0. The molecule has 2 atom stereocenters. The van der Waals surface area contributed by atoms with Crippen LogP contribution < -0.4 is 4.90 Å². The van der Waals surface area contributed by atoms with Gasteiger partial charge < -0.3 is 14.5 Å². The molecule has 0 N–H and O–H groups in total. The first kappa shape index (κ1) is 15.2. The Morgan fingerprint density at radius 2 is 1.95 bits per heavy atom. The quantitative estimate of drug-likeness (QED) is 0.736. The third kappa shape index (κ3) is 2.67. The zero-order valence-corrected chi connectivity index (χ0v) is 14.2.